The molecule has 0 aliphatic heterocycles. The average molecular weight is 483 g/mol. The fourth-order valence-corrected chi connectivity index (χ4v) is 3.14. The number of carbonyl (C=O) groups is 1. The Hall–Kier alpha value is -4.16. The molecule has 0 saturated carbocycles. The number of hydrogen-bond acceptors (Lipinski definition) is 7. The predicted molar refractivity (Wildman–Crippen MR) is 106 cm³/mol. The molecule has 0 unspecified atom stereocenters. The molecular formula is C21H14F5N3O5. The summed E-state index contributed by atoms with van der Waals surface area (Å²) in [6.07, 6.45) is -4.51. The quantitative estimate of drug-likeness (QED) is 0.193. The number of nitro groups is 1. The van der Waals surface area contributed by atoms with Crippen LogP contribution in [0.25, 0.3) is 0 Å². The first-order valence-corrected chi connectivity index (χ1v) is 9.38. The Kier molecular flexibility index (Phi) is 7.03. The molecule has 0 aliphatic rings. The van der Waals surface area contributed by atoms with E-state index in [-0.39, 0.29) is 22.7 Å². The van der Waals surface area contributed by atoms with E-state index >= 15 is 0 Å². The van der Waals surface area contributed by atoms with Gasteiger partial charge in [-0.05, 0) is 51.9 Å². The van der Waals surface area contributed by atoms with E-state index in [1.165, 1.54) is 19.4 Å². The van der Waals surface area contributed by atoms with Gasteiger partial charge >= 0.3 is 12.2 Å². The van der Waals surface area contributed by atoms with E-state index in [0.717, 1.165) is 24.3 Å². The molecule has 2 aromatic heterocycles. The minimum atomic E-state index is -5.14. The molecule has 3 aromatic rings. The highest BCUT2D eigenvalue weighted by Crippen LogP contribution is 2.34. The molecule has 34 heavy (non-hydrogen) atoms. The van der Waals surface area contributed by atoms with Crippen LogP contribution in [0.3, 0.4) is 0 Å². The van der Waals surface area contributed by atoms with Crippen LogP contribution in [0.5, 0.6) is 11.5 Å². The van der Waals surface area contributed by atoms with E-state index < -0.39 is 52.6 Å². The number of halogens is 5. The Bertz CT molecular complexity index is 1240. The highest BCUT2D eigenvalue weighted by Gasteiger charge is 2.33. The number of hydrogen-bond donors (Lipinski definition) is 0. The second-order valence-electron chi connectivity index (χ2n) is 6.77. The minimum absolute atomic E-state index is 0.0824. The lowest BCUT2D eigenvalue weighted by Gasteiger charge is -2.18. The van der Waals surface area contributed by atoms with E-state index in [9.17, 15) is 36.9 Å². The van der Waals surface area contributed by atoms with Crippen LogP contribution in [0.15, 0.2) is 48.7 Å². The van der Waals surface area contributed by atoms with Gasteiger partial charge in [-0.2, -0.15) is 0 Å². The SMILES string of the molecule is COc1ccc(C(=O)C[C@@H](c2ccc(OC(F)(F)F)c(F)c2)c2ncccc2F)nc1[N+](=O)[O-]. The van der Waals surface area contributed by atoms with Crippen molar-refractivity contribution < 1.29 is 41.1 Å². The van der Waals surface area contributed by atoms with Gasteiger partial charge in [-0.3, -0.25) is 9.78 Å². The number of pyridine rings is 2. The minimum Gasteiger partial charge on any atom is -0.489 e. The first-order valence-electron chi connectivity index (χ1n) is 9.38. The maximum Gasteiger partial charge on any atom is 0.573 e. The largest absolute Gasteiger partial charge is 0.573 e. The van der Waals surface area contributed by atoms with E-state index in [1.807, 2.05) is 0 Å². The van der Waals surface area contributed by atoms with Crippen molar-refractivity contribution >= 4 is 11.6 Å². The Labute approximate surface area is 188 Å². The van der Waals surface area contributed by atoms with Gasteiger partial charge in [-0.15, -0.1) is 13.2 Å². The molecule has 0 aliphatic carbocycles. The smallest absolute Gasteiger partial charge is 0.489 e. The molecule has 178 valence electrons. The lowest BCUT2D eigenvalue weighted by molar-refractivity contribution is -0.390. The summed E-state index contributed by atoms with van der Waals surface area (Å²) in [5.74, 6) is -6.35. The lowest BCUT2D eigenvalue weighted by atomic mass is 9.89. The second-order valence-corrected chi connectivity index (χ2v) is 6.77. The summed E-state index contributed by atoms with van der Waals surface area (Å²) in [6.45, 7) is 0. The zero-order chi connectivity index (χ0) is 25.0. The molecule has 13 heteroatoms. The third kappa shape index (κ3) is 5.60. The normalized spacial score (nSPS) is 12.2. The number of ketones is 1. The number of nitrogens with zero attached hydrogens (tertiary/aromatic N) is 3. The molecule has 2 heterocycles. The van der Waals surface area contributed by atoms with Crippen LogP contribution < -0.4 is 9.47 Å². The van der Waals surface area contributed by atoms with Gasteiger partial charge in [-0.1, -0.05) is 6.07 Å². The Morgan fingerprint density at radius 3 is 2.41 bits per heavy atom. The highest BCUT2D eigenvalue weighted by molar-refractivity contribution is 5.95. The van der Waals surface area contributed by atoms with Crippen LogP contribution >= 0.6 is 0 Å². The van der Waals surface area contributed by atoms with Gasteiger partial charge in [0.2, 0.25) is 17.2 Å². The number of benzene rings is 1. The first-order chi connectivity index (χ1) is 16.0. The summed E-state index contributed by atoms with van der Waals surface area (Å²) in [4.78, 5) is 30.8. The topological polar surface area (TPSA) is 104 Å². The standard InChI is InChI=1S/C21H14F5N3O5/c1-33-18-7-5-15(28-20(18)29(31)32)16(30)10-12(19-13(22)3-2-8-27-19)11-4-6-17(14(23)9-11)34-21(24,25)26/h2-9,12H,10H2,1H3/t12-/m0/s1. The van der Waals surface area contributed by atoms with E-state index in [4.69, 9.17) is 4.74 Å². The zero-order valence-electron chi connectivity index (χ0n) is 17.2. The molecule has 0 saturated heterocycles. The number of methoxy groups -OCH3 is 1. The van der Waals surface area contributed by atoms with Crippen molar-refractivity contribution in [2.24, 2.45) is 0 Å². The van der Waals surface area contributed by atoms with Gasteiger partial charge < -0.3 is 19.6 Å². The molecule has 1 aromatic carbocycles. The Balaban J connectivity index is 2.01. The zero-order valence-corrected chi connectivity index (χ0v) is 17.2. The highest BCUT2D eigenvalue weighted by atomic mass is 19.4. The Morgan fingerprint density at radius 1 is 1.12 bits per heavy atom. The summed E-state index contributed by atoms with van der Waals surface area (Å²) >= 11 is 0. The number of aromatic nitrogens is 2. The van der Waals surface area contributed by atoms with E-state index in [1.54, 1.807) is 0 Å². The molecule has 3 rings (SSSR count). The molecule has 0 N–H and O–H groups in total. The van der Waals surface area contributed by atoms with Crippen molar-refractivity contribution in [3.05, 3.63) is 87.4 Å². The first kappa shape index (κ1) is 24.5. The number of ether oxygens (including phenoxy) is 2. The van der Waals surface area contributed by atoms with Crippen molar-refractivity contribution in [2.45, 2.75) is 18.7 Å². The number of Topliss-reactive ketones (excluding diaryl/α,β-unsaturated/α-hetero) is 1. The lowest BCUT2D eigenvalue weighted by Crippen LogP contribution is -2.18. The fourth-order valence-electron chi connectivity index (χ4n) is 3.14. The summed E-state index contributed by atoms with van der Waals surface area (Å²) in [5.41, 5.74) is -0.727. The molecule has 0 bridgehead atoms. The third-order valence-electron chi connectivity index (χ3n) is 4.61. The van der Waals surface area contributed by atoms with Gasteiger partial charge in [-0.25, -0.2) is 8.78 Å². The average Bonchev–Trinajstić information content (AvgIpc) is 2.78. The van der Waals surface area contributed by atoms with Crippen LogP contribution in [0.4, 0.5) is 27.8 Å². The van der Waals surface area contributed by atoms with Crippen molar-refractivity contribution in [2.75, 3.05) is 7.11 Å². The monoisotopic (exact) mass is 483 g/mol. The predicted octanol–water partition coefficient (Wildman–Crippen LogP) is 4.98. The molecule has 0 amide bonds. The van der Waals surface area contributed by atoms with Crippen LogP contribution in [-0.2, 0) is 0 Å². The van der Waals surface area contributed by atoms with Crippen molar-refractivity contribution in [3.63, 3.8) is 0 Å². The molecular weight excluding hydrogens is 469 g/mol. The van der Waals surface area contributed by atoms with Crippen molar-refractivity contribution in [3.8, 4) is 11.5 Å². The maximum absolute atomic E-state index is 14.5. The Morgan fingerprint density at radius 2 is 1.82 bits per heavy atom. The maximum atomic E-state index is 14.5. The second kappa shape index (κ2) is 9.77. The van der Waals surface area contributed by atoms with E-state index in [0.29, 0.717) is 12.1 Å². The van der Waals surface area contributed by atoms with Crippen molar-refractivity contribution in [1.29, 1.82) is 0 Å². The third-order valence-corrected chi connectivity index (χ3v) is 4.61. The van der Waals surface area contributed by atoms with Gasteiger partial charge in [0.25, 0.3) is 0 Å². The van der Waals surface area contributed by atoms with Gasteiger partial charge in [0.05, 0.1) is 12.8 Å². The summed E-state index contributed by atoms with van der Waals surface area (Å²) in [7, 11) is 1.17. The molecule has 1 atom stereocenters. The van der Waals surface area contributed by atoms with Crippen LogP contribution in [-0.4, -0.2) is 34.1 Å². The van der Waals surface area contributed by atoms with E-state index in [2.05, 4.69) is 14.7 Å². The van der Waals surface area contributed by atoms with Gasteiger partial charge in [0.1, 0.15) is 5.82 Å². The fraction of sp³-hybridized carbons (Fsp3) is 0.190. The van der Waals surface area contributed by atoms with Gasteiger partial charge in [0, 0.05) is 18.5 Å². The van der Waals surface area contributed by atoms with Gasteiger partial charge in [0.15, 0.2) is 11.6 Å². The number of alkyl halides is 3. The van der Waals surface area contributed by atoms with Crippen molar-refractivity contribution in [1.82, 2.24) is 9.97 Å². The number of rotatable bonds is 8. The molecule has 0 spiro atoms. The summed E-state index contributed by atoms with van der Waals surface area (Å²) in [5, 5.41) is 11.2. The number of carbonyl (C=O) groups excluding carboxylic acids is 1. The van der Waals surface area contributed by atoms with Crippen LogP contribution in [0.2, 0.25) is 0 Å². The molecule has 8 nitrogen and oxygen atoms in total. The van der Waals surface area contributed by atoms with Crippen LogP contribution in [0.1, 0.15) is 34.1 Å². The summed E-state index contributed by atoms with van der Waals surface area (Å²) < 4.78 is 74.6. The summed E-state index contributed by atoms with van der Waals surface area (Å²) in [6, 6.07) is 6.99. The van der Waals surface area contributed by atoms with Crippen LogP contribution in [0, 0.1) is 21.7 Å². The molecule has 0 fully saturated rings. The molecule has 0 radical (unpaired) electrons.